The van der Waals surface area contributed by atoms with Gasteiger partial charge in [-0.25, -0.2) is 0 Å². The number of fused-ring (bicyclic) bond motifs is 1. The van der Waals surface area contributed by atoms with E-state index in [-0.39, 0.29) is 25.2 Å². The molecule has 0 fully saturated rings. The third-order valence-electron chi connectivity index (χ3n) is 4.43. The molecule has 0 atom stereocenters. The average molecular weight is 404 g/mol. The number of nitrogens with one attached hydrogen (secondary N) is 2. The van der Waals surface area contributed by atoms with Gasteiger partial charge in [0, 0.05) is 12.1 Å². The normalized spacial score (nSPS) is 11.6. The van der Waals surface area contributed by atoms with E-state index in [4.69, 9.17) is 14.2 Å². The van der Waals surface area contributed by atoms with Crippen LogP contribution in [0.4, 0.5) is 0 Å². The lowest BCUT2D eigenvalue weighted by Crippen LogP contribution is -2.36. The molecule has 30 heavy (non-hydrogen) atoms. The summed E-state index contributed by atoms with van der Waals surface area (Å²) in [5, 5.41) is 5.37. The van der Waals surface area contributed by atoms with Crippen LogP contribution < -0.4 is 24.8 Å². The van der Waals surface area contributed by atoms with Gasteiger partial charge in [-0.3, -0.25) is 9.59 Å². The van der Waals surface area contributed by atoms with Gasteiger partial charge in [0.15, 0.2) is 11.5 Å². The summed E-state index contributed by atoms with van der Waals surface area (Å²) in [4.78, 5) is 24.3. The topological polar surface area (TPSA) is 85.9 Å². The molecule has 0 unspecified atom stereocenters. The highest BCUT2D eigenvalue weighted by Gasteiger charge is 2.14. The zero-order valence-corrected chi connectivity index (χ0v) is 16.1. The van der Waals surface area contributed by atoms with Crippen molar-refractivity contribution < 1.29 is 23.8 Å². The van der Waals surface area contributed by atoms with Gasteiger partial charge in [0.05, 0.1) is 6.54 Å². The van der Waals surface area contributed by atoms with Crippen LogP contribution in [0.15, 0.2) is 72.8 Å². The van der Waals surface area contributed by atoms with E-state index in [1.807, 2.05) is 42.5 Å². The van der Waals surface area contributed by atoms with E-state index in [9.17, 15) is 9.59 Å². The maximum absolute atomic E-state index is 12.3. The van der Waals surface area contributed by atoms with Crippen LogP contribution in [0.5, 0.6) is 23.0 Å². The molecule has 152 valence electrons. The highest BCUT2D eigenvalue weighted by molar-refractivity contribution is 5.96. The highest BCUT2D eigenvalue weighted by atomic mass is 16.7. The van der Waals surface area contributed by atoms with Crippen LogP contribution >= 0.6 is 0 Å². The molecule has 4 rings (SSSR count). The molecule has 2 amide bonds. The molecule has 1 heterocycles. The van der Waals surface area contributed by atoms with E-state index in [1.54, 1.807) is 30.3 Å². The largest absolute Gasteiger partial charge is 0.457 e. The second kappa shape index (κ2) is 9.00. The van der Waals surface area contributed by atoms with Crippen molar-refractivity contribution in [2.45, 2.75) is 6.54 Å². The van der Waals surface area contributed by atoms with Gasteiger partial charge in [-0.2, -0.15) is 0 Å². The highest BCUT2D eigenvalue weighted by Crippen LogP contribution is 2.32. The minimum atomic E-state index is -0.334. The molecule has 3 aromatic carbocycles. The van der Waals surface area contributed by atoms with Crippen LogP contribution in [0.3, 0.4) is 0 Å². The first-order valence-electron chi connectivity index (χ1n) is 9.44. The fourth-order valence-electron chi connectivity index (χ4n) is 2.88. The van der Waals surface area contributed by atoms with Gasteiger partial charge in [0.1, 0.15) is 11.5 Å². The lowest BCUT2D eigenvalue weighted by atomic mass is 10.2. The Hall–Kier alpha value is -4.00. The van der Waals surface area contributed by atoms with Crippen molar-refractivity contribution in [2.24, 2.45) is 0 Å². The number of carbonyl (C=O) groups excluding carboxylic acids is 2. The van der Waals surface area contributed by atoms with Crippen molar-refractivity contribution in [3.8, 4) is 23.0 Å². The molecule has 2 N–H and O–H groups in total. The van der Waals surface area contributed by atoms with Gasteiger partial charge in [-0.15, -0.1) is 0 Å². The quantitative estimate of drug-likeness (QED) is 0.631. The molecule has 0 spiro atoms. The molecule has 7 heteroatoms. The Morgan fingerprint density at radius 2 is 1.57 bits per heavy atom. The van der Waals surface area contributed by atoms with Crippen molar-refractivity contribution >= 4 is 11.8 Å². The summed E-state index contributed by atoms with van der Waals surface area (Å²) in [6, 6.07) is 21.6. The van der Waals surface area contributed by atoms with E-state index < -0.39 is 0 Å². The van der Waals surface area contributed by atoms with E-state index in [1.165, 1.54) is 0 Å². The van der Waals surface area contributed by atoms with Crippen molar-refractivity contribution in [1.29, 1.82) is 0 Å². The second-order valence-electron chi connectivity index (χ2n) is 6.59. The minimum Gasteiger partial charge on any atom is -0.457 e. The number of benzene rings is 3. The number of hydrogen-bond acceptors (Lipinski definition) is 5. The second-order valence-corrected chi connectivity index (χ2v) is 6.59. The van der Waals surface area contributed by atoms with Crippen molar-refractivity contribution in [1.82, 2.24) is 10.6 Å². The SMILES string of the molecule is O=C(CNC(=O)c1ccc(Oc2ccccc2)cc1)NCc1ccc2c(c1)OCO2. The molecule has 7 nitrogen and oxygen atoms in total. The maximum Gasteiger partial charge on any atom is 0.251 e. The smallest absolute Gasteiger partial charge is 0.251 e. The van der Waals surface area contributed by atoms with Crippen molar-refractivity contribution in [3.05, 3.63) is 83.9 Å². The molecule has 0 aliphatic carbocycles. The Balaban J connectivity index is 1.23. The number of carbonyl (C=O) groups is 2. The molecule has 0 saturated heterocycles. The molecule has 0 bridgehead atoms. The van der Waals surface area contributed by atoms with Crippen LogP contribution in [0.2, 0.25) is 0 Å². The van der Waals surface area contributed by atoms with Crippen LogP contribution in [-0.4, -0.2) is 25.2 Å². The van der Waals surface area contributed by atoms with Gasteiger partial charge >= 0.3 is 0 Å². The first-order chi connectivity index (χ1) is 14.7. The summed E-state index contributed by atoms with van der Waals surface area (Å²) in [5.41, 5.74) is 1.33. The summed E-state index contributed by atoms with van der Waals surface area (Å²) < 4.78 is 16.3. The molecule has 1 aliphatic heterocycles. The van der Waals surface area contributed by atoms with Gasteiger partial charge in [-0.05, 0) is 54.1 Å². The summed E-state index contributed by atoms with van der Waals surface area (Å²) in [6.45, 7) is 0.416. The third-order valence-corrected chi connectivity index (χ3v) is 4.43. The first-order valence-corrected chi connectivity index (χ1v) is 9.44. The number of rotatable bonds is 7. The third kappa shape index (κ3) is 4.88. The van der Waals surface area contributed by atoms with E-state index >= 15 is 0 Å². The van der Waals surface area contributed by atoms with Crippen molar-refractivity contribution in [3.63, 3.8) is 0 Å². The Bertz CT molecular complexity index is 1040. The lowest BCUT2D eigenvalue weighted by Gasteiger charge is -2.09. The molecular weight excluding hydrogens is 384 g/mol. The number of para-hydroxylation sites is 1. The average Bonchev–Trinajstić information content (AvgIpc) is 3.25. The van der Waals surface area contributed by atoms with Crippen LogP contribution in [-0.2, 0) is 11.3 Å². The zero-order valence-electron chi connectivity index (χ0n) is 16.1. The van der Waals surface area contributed by atoms with Crippen LogP contribution in [0, 0.1) is 0 Å². The van der Waals surface area contributed by atoms with Gasteiger partial charge < -0.3 is 24.8 Å². The Labute approximate surface area is 173 Å². The Morgan fingerprint density at radius 1 is 0.833 bits per heavy atom. The fraction of sp³-hybridized carbons (Fsp3) is 0.130. The molecular formula is C23H20N2O5. The number of hydrogen-bond donors (Lipinski definition) is 2. The van der Waals surface area contributed by atoms with Crippen LogP contribution in [0.1, 0.15) is 15.9 Å². The summed E-state index contributed by atoms with van der Waals surface area (Å²) in [5.74, 6) is 2.07. The Morgan fingerprint density at radius 3 is 2.37 bits per heavy atom. The van der Waals surface area contributed by atoms with E-state index in [2.05, 4.69) is 10.6 Å². The molecule has 3 aromatic rings. The molecule has 1 aliphatic rings. The molecule has 0 saturated carbocycles. The predicted octanol–water partition coefficient (Wildman–Crippen LogP) is 3.25. The van der Waals surface area contributed by atoms with Gasteiger partial charge in [-0.1, -0.05) is 24.3 Å². The first kappa shape index (κ1) is 19.3. The van der Waals surface area contributed by atoms with Crippen LogP contribution in [0.25, 0.3) is 0 Å². The predicted molar refractivity (Wildman–Crippen MR) is 110 cm³/mol. The van der Waals surface area contributed by atoms with E-state index in [0.717, 1.165) is 5.56 Å². The zero-order chi connectivity index (χ0) is 20.8. The monoisotopic (exact) mass is 404 g/mol. The number of amides is 2. The summed E-state index contributed by atoms with van der Waals surface area (Å²) in [7, 11) is 0. The summed E-state index contributed by atoms with van der Waals surface area (Å²) in [6.07, 6.45) is 0. The summed E-state index contributed by atoms with van der Waals surface area (Å²) >= 11 is 0. The Kier molecular flexibility index (Phi) is 5.80. The fourth-order valence-corrected chi connectivity index (χ4v) is 2.88. The van der Waals surface area contributed by atoms with Gasteiger partial charge in [0.2, 0.25) is 12.7 Å². The van der Waals surface area contributed by atoms with Crippen molar-refractivity contribution in [2.75, 3.05) is 13.3 Å². The number of ether oxygens (including phenoxy) is 3. The minimum absolute atomic E-state index is 0.119. The maximum atomic E-state index is 12.3. The van der Waals surface area contributed by atoms with E-state index in [0.29, 0.717) is 35.1 Å². The molecule has 0 aromatic heterocycles. The molecule has 0 radical (unpaired) electrons. The standard InChI is InChI=1S/C23H20N2O5/c26-22(24-13-16-6-11-20-21(12-16)29-15-28-20)14-25-23(27)17-7-9-19(10-8-17)30-18-4-2-1-3-5-18/h1-12H,13-15H2,(H,24,26)(H,25,27). The lowest BCUT2D eigenvalue weighted by molar-refractivity contribution is -0.120. The van der Waals surface area contributed by atoms with Gasteiger partial charge in [0.25, 0.3) is 5.91 Å².